The molecule has 0 bridgehead atoms. The number of hydrogen-bond donors (Lipinski definition) is 1. The van der Waals surface area contributed by atoms with Crippen LogP contribution in [-0.4, -0.2) is 23.0 Å². The van der Waals surface area contributed by atoms with Crippen LogP contribution < -0.4 is 0 Å². The highest BCUT2D eigenvalue weighted by Gasteiger charge is 2.23. The number of carboxylic acid groups (broad SMARTS) is 1. The maximum absolute atomic E-state index is 14.1. The lowest BCUT2D eigenvalue weighted by Gasteiger charge is -2.08. The molecule has 1 unspecified atom stereocenters. The molecule has 0 aromatic heterocycles. The number of carbonyl (C=O) groups is 2. The summed E-state index contributed by atoms with van der Waals surface area (Å²) in [5, 5.41) is 8.98. The molecule has 1 atom stereocenters. The second-order valence-corrected chi connectivity index (χ2v) is 5.07. The molecule has 6 heteroatoms. The molecule has 0 saturated heterocycles. The molecule has 0 fully saturated rings. The maximum atomic E-state index is 14.1. The van der Waals surface area contributed by atoms with Gasteiger partial charge in [0, 0.05) is 16.1 Å². The molecule has 0 amide bonds. The van der Waals surface area contributed by atoms with Crippen molar-refractivity contribution in [3.63, 3.8) is 0 Å². The number of alkyl halides is 1. The van der Waals surface area contributed by atoms with Crippen molar-refractivity contribution >= 4 is 23.4 Å². The molecule has 2 aromatic rings. The van der Waals surface area contributed by atoms with E-state index < -0.39 is 30.2 Å². The first-order valence-corrected chi connectivity index (χ1v) is 6.72. The van der Waals surface area contributed by atoms with Crippen molar-refractivity contribution in [1.82, 2.24) is 0 Å². The van der Waals surface area contributed by atoms with Gasteiger partial charge in [-0.2, -0.15) is 0 Å². The Hall–Kier alpha value is -2.27. The van der Waals surface area contributed by atoms with Gasteiger partial charge in [0.15, 0.2) is 12.0 Å². The molecular weight excluding hydrogens is 314 g/mol. The van der Waals surface area contributed by atoms with Gasteiger partial charge < -0.3 is 5.11 Å². The Labute approximate surface area is 130 Å². The Kier molecular flexibility index (Phi) is 4.88. The first-order valence-electron chi connectivity index (χ1n) is 6.34. The number of carboxylic acids is 1. The summed E-state index contributed by atoms with van der Waals surface area (Å²) >= 11 is 5.75. The summed E-state index contributed by atoms with van der Waals surface area (Å²) < 4.78 is 27.6. The first kappa shape index (κ1) is 16.1. The van der Waals surface area contributed by atoms with Gasteiger partial charge in [0.25, 0.3) is 0 Å². The predicted octanol–water partition coefficient (Wildman–Crippen LogP) is 4.14. The number of hydrogen-bond acceptors (Lipinski definition) is 2. The van der Waals surface area contributed by atoms with Crippen molar-refractivity contribution in [2.45, 2.75) is 12.6 Å². The quantitative estimate of drug-likeness (QED) is 0.841. The number of halogens is 3. The fourth-order valence-electron chi connectivity index (χ4n) is 1.96. The van der Waals surface area contributed by atoms with Crippen molar-refractivity contribution in [3.8, 4) is 11.1 Å². The second-order valence-electron chi connectivity index (χ2n) is 4.63. The highest BCUT2D eigenvalue weighted by Crippen LogP contribution is 2.25. The molecule has 0 heterocycles. The summed E-state index contributed by atoms with van der Waals surface area (Å²) in [5.41, 5.74) is 0.592. The molecule has 0 saturated carbocycles. The van der Waals surface area contributed by atoms with Crippen LogP contribution in [0.15, 0.2) is 42.5 Å². The largest absolute Gasteiger partial charge is 0.481 e. The van der Waals surface area contributed by atoms with Gasteiger partial charge >= 0.3 is 5.97 Å². The van der Waals surface area contributed by atoms with Crippen molar-refractivity contribution < 1.29 is 23.5 Å². The Morgan fingerprint density at radius 3 is 2.32 bits per heavy atom. The van der Waals surface area contributed by atoms with E-state index in [1.54, 1.807) is 24.3 Å². The number of ketones is 1. The lowest BCUT2D eigenvalue weighted by molar-refractivity contribution is -0.137. The van der Waals surface area contributed by atoms with Crippen molar-refractivity contribution in [2.24, 2.45) is 0 Å². The third-order valence-corrected chi connectivity index (χ3v) is 3.30. The second kappa shape index (κ2) is 6.66. The van der Waals surface area contributed by atoms with E-state index in [0.29, 0.717) is 10.6 Å². The lowest BCUT2D eigenvalue weighted by Crippen LogP contribution is -2.19. The highest BCUT2D eigenvalue weighted by molar-refractivity contribution is 6.30. The van der Waals surface area contributed by atoms with Crippen LogP contribution >= 0.6 is 11.6 Å². The zero-order valence-corrected chi connectivity index (χ0v) is 12.0. The first-order chi connectivity index (χ1) is 10.4. The molecule has 22 heavy (non-hydrogen) atoms. The number of rotatable bonds is 5. The lowest BCUT2D eigenvalue weighted by atomic mass is 9.99. The van der Waals surface area contributed by atoms with Crippen LogP contribution in [0.4, 0.5) is 8.78 Å². The van der Waals surface area contributed by atoms with Crippen LogP contribution in [0.1, 0.15) is 16.8 Å². The summed E-state index contributed by atoms with van der Waals surface area (Å²) in [5.74, 6) is -3.18. The zero-order chi connectivity index (χ0) is 16.3. The summed E-state index contributed by atoms with van der Waals surface area (Å²) in [7, 11) is 0. The number of aliphatic carboxylic acids is 1. The van der Waals surface area contributed by atoms with Gasteiger partial charge in [-0.05, 0) is 23.8 Å². The summed E-state index contributed by atoms with van der Waals surface area (Å²) in [4.78, 5) is 22.1. The molecule has 1 N–H and O–H groups in total. The fourth-order valence-corrected chi connectivity index (χ4v) is 2.08. The number of carbonyl (C=O) groups excluding carboxylic acids is 1. The Bertz CT molecular complexity index is 714. The third-order valence-electron chi connectivity index (χ3n) is 3.05. The van der Waals surface area contributed by atoms with E-state index in [-0.39, 0.29) is 11.1 Å². The molecule has 2 aromatic carbocycles. The van der Waals surface area contributed by atoms with Crippen molar-refractivity contribution in [3.05, 3.63) is 58.9 Å². The van der Waals surface area contributed by atoms with E-state index >= 15 is 0 Å². The molecule has 0 aliphatic rings. The predicted molar refractivity (Wildman–Crippen MR) is 78.3 cm³/mol. The average molecular weight is 325 g/mol. The Morgan fingerprint density at radius 1 is 1.14 bits per heavy atom. The van der Waals surface area contributed by atoms with Crippen molar-refractivity contribution in [1.29, 1.82) is 0 Å². The van der Waals surface area contributed by atoms with Gasteiger partial charge in [-0.25, -0.2) is 8.78 Å². The molecule has 0 radical (unpaired) electrons. The fraction of sp³-hybridized carbons (Fsp3) is 0.125. The third kappa shape index (κ3) is 3.68. The van der Waals surface area contributed by atoms with Crippen LogP contribution in [0.5, 0.6) is 0 Å². The Balaban J connectivity index is 2.28. The minimum atomic E-state index is -2.20. The van der Waals surface area contributed by atoms with Crippen molar-refractivity contribution in [2.75, 3.05) is 0 Å². The number of benzene rings is 2. The maximum Gasteiger partial charge on any atom is 0.306 e. The van der Waals surface area contributed by atoms with E-state index in [1.165, 1.54) is 12.1 Å². The van der Waals surface area contributed by atoms with Crippen LogP contribution in [0.2, 0.25) is 5.02 Å². The summed E-state index contributed by atoms with van der Waals surface area (Å²) in [6.45, 7) is 0. The van der Waals surface area contributed by atoms with Crippen LogP contribution in [-0.2, 0) is 4.79 Å². The molecule has 3 nitrogen and oxygen atoms in total. The van der Waals surface area contributed by atoms with Gasteiger partial charge in [0.1, 0.15) is 5.82 Å². The van der Waals surface area contributed by atoms with E-state index in [4.69, 9.17) is 16.7 Å². The van der Waals surface area contributed by atoms with E-state index in [1.807, 2.05) is 0 Å². The minimum absolute atomic E-state index is 0.205. The average Bonchev–Trinajstić information content (AvgIpc) is 2.47. The van der Waals surface area contributed by atoms with Gasteiger partial charge in [0.2, 0.25) is 0 Å². The SMILES string of the molecule is O=C(O)CC(F)C(=O)c1ccc(-c2ccc(Cl)cc2)c(F)c1. The molecule has 0 aliphatic carbocycles. The molecule has 0 aliphatic heterocycles. The van der Waals surface area contributed by atoms with E-state index in [2.05, 4.69) is 0 Å². The summed E-state index contributed by atoms with van der Waals surface area (Å²) in [6.07, 6.45) is -3.14. The van der Waals surface area contributed by atoms with E-state index in [0.717, 1.165) is 6.07 Å². The Morgan fingerprint density at radius 2 is 1.77 bits per heavy atom. The van der Waals surface area contributed by atoms with Gasteiger partial charge in [-0.1, -0.05) is 35.9 Å². The molecule has 0 spiro atoms. The molecule has 114 valence electrons. The van der Waals surface area contributed by atoms with Gasteiger partial charge in [0.05, 0.1) is 6.42 Å². The van der Waals surface area contributed by atoms with Gasteiger partial charge in [-0.15, -0.1) is 0 Å². The standard InChI is InChI=1S/C16H11ClF2O3/c17-11-4-1-9(2-5-11)12-6-3-10(7-13(12)18)16(22)14(19)8-15(20)21/h1-7,14H,8H2,(H,20,21). The van der Waals surface area contributed by atoms with Crippen LogP contribution in [0.3, 0.4) is 0 Å². The smallest absolute Gasteiger partial charge is 0.306 e. The monoisotopic (exact) mass is 324 g/mol. The molecular formula is C16H11ClF2O3. The zero-order valence-electron chi connectivity index (χ0n) is 11.2. The molecule has 2 rings (SSSR count). The van der Waals surface area contributed by atoms with Crippen LogP contribution in [0, 0.1) is 5.82 Å². The van der Waals surface area contributed by atoms with Crippen LogP contribution in [0.25, 0.3) is 11.1 Å². The van der Waals surface area contributed by atoms with Gasteiger partial charge in [-0.3, -0.25) is 9.59 Å². The van der Waals surface area contributed by atoms with E-state index in [9.17, 15) is 18.4 Å². The summed E-state index contributed by atoms with van der Waals surface area (Å²) in [6, 6.07) is 9.94. The number of Topliss-reactive ketones (excluding diaryl/α,β-unsaturated/α-hetero) is 1. The normalized spacial score (nSPS) is 12.0. The topological polar surface area (TPSA) is 54.4 Å². The minimum Gasteiger partial charge on any atom is -0.481 e. The highest BCUT2D eigenvalue weighted by atomic mass is 35.5.